The van der Waals surface area contributed by atoms with Gasteiger partial charge in [0.1, 0.15) is 11.5 Å². The van der Waals surface area contributed by atoms with Gasteiger partial charge in [0.05, 0.1) is 23.6 Å². The third-order valence-corrected chi connectivity index (χ3v) is 3.52. The molecule has 3 aromatic rings. The topological polar surface area (TPSA) is 31.0 Å². The van der Waals surface area contributed by atoms with Crippen LogP contribution in [0.1, 0.15) is 11.5 Å². The second-order valence-electron chi connectivity index (χ2n) is 4.57. The quantitative estimate of drug-likeness (QED) is 0.695. The van der Waals surface area contributed by atoms with Crippen LogP contribution in [-0.4, -0.2) is 9.55 Å². The van der Waals surface area contributed by atoms with Crippen molar-refractivity contribution in [2.75, 3.05) is 0 Å². The maximum Gasteiger partial charge on any atom is 0.123 e. The van der Waals surface area contributed by atoms with E-state index in [4.69, 9.17) is 27.6 Å². The van der Waals surface area contributed by atoms with Crippen molar-refractivity contribution in [3.8, 4) is 11.3 Å². The fraction of sp³-hybridized carbons (Fsp3) is 0.133. The average molecular weight is 307 g/mol. The van der Waals surface area contributed by atoms with Crippen molar-refractivity contribution >= 4 is 23.2 Å². The second kappa shape index (κ2) is 5.35. The first-order valence-electron chi connectivity index (χ1n) is 6.14. The van der Waals surface area contributed by atoms with Crippen LogP contribution in [0.15, 0.2) is 47.3 Å². The number of furan rings is 1. The molecule has 0 radical (unpaired) electrons. The van der Waals surface area contributed by atoms with E-state index >= 15 is 0 Å². The molecular formula is C15H12Cl2N2O. The standard InChI is InChI=1S/C15H12Cl2N2O/c1-10-2-4-12(20-10)7-19-8-15(18-9-19)13-5-3-11(16)6-14(13)17/h2-6,8-9H,7H2,1H3. The van der Waals surface area contributed by atoms with E-state index in [1.807, 2.05) is 35.9 Å². The van der Waals surface area contributed by atoms with Gasteiger partial charge in [0.15, 0.2) is 0 Å². The van der Waals surface area contributed by atoms with E-state index in [-0.39, 0.29) is 0 Å². The highest BCUT2D eigenvalue weighted by atomic mass is 35.5. The van der Waals surface area contributed by atoms with Gasteiger partial charge in [0.2, 0.25) is 0 Å². The molecule has 0 fully saturated rings. The summed E-state index contributed by atoms with van der Waals surface area (Å²) in [6, 6.07) is 9.30. The highest BCUT2D eigenvalue weighted by Gasteiger charge is 2.08. The zero-order valence-electron chi connectivity index (χ0n) is 10.8. The molecule has 1 aromatic carbocycles. The van der Waals surface area contributed by atoms with E-state index < -0.39 is 0 Å². The summed E-state index contributed by atoms with van der Waals surface area (Å²) in [5.74, 6) is 1.80. The Balaban J connectivity index is 1.86. The fourth-order valence-corrected chi connectivity index (χ4v) is 2.54. The second-order valence-corrected chi connectivity index (χ2v) is 5.41. The number of nitrogens with zero attached hydrogens (tertiary/aromatic N) is 2. The van der Waals surface area contributed by atoms with E-state index in [1.54, 1.807) is 18.5 Å². The van der Waals surface area contributed by atoms with Crippen molar-refractivity contribution in [2.45, 2.75) is 13.5 Å². The molecule has 5 heteroatoms. The first-order chi connectivity index (χ1) is 9.61. The van der Waals surface area contributed by atoms with E-state index in [1.165, 1.54) is 0 Å². The van der Waals surface area contributed by atoms with E-state index in [9.17, 15) is 0 Å². The lowest BCUT2D eigenvalue weighted by molar-refractivity contribution is 0.470. The third-order valence-electron chi connectivity index (χ3n) is 2.97. The van der Waals surface area contributed by atoms with Gasteiger partial charge in [-0.15, -0.1) is 0 Å². The van der Waals surface area contributed by atoms with Crippen LogP contribution in [0.3, 0.4) is 0 Å². The molecule has 0 saturated heterocycles. The molecule has 3 rings (SSSR count). The number of rotatable bonds is 3. The molecule has 0 aliphatic heterocycles. The Bertz CT molecular complexity index is 746. The summed E-state index contributed by atoms with van der Waals surface area (Å²) < 4.78 is 7.51. The summed E-state index contributed by atoms with van der Waals surface area (Å²) in [6.07, 6.45) is 3.70. The molecule has 0 amide bonds. The Morgan fingerprint density at radius 2 is 2.05 bits per heavy atom. The first-order valence-corrected chi connectivity index (χ1v) is 6.90. The van der Waals surface area contributed by atoms with Crippen LogP contribution in [-0.2, 0) is 6.54 Å². The lowest BCUT2D eigenvalue weighted by Gasteiger charge is -2.01. The molecule has 0 unspecified atom stereocenters. The van der Waals surface area contributed by atoms with Crippen molar-refractivity contribution in [3.05, 3.63) is 64.4 Å². The largest absolute Gasteiger partial charge is 0.464 e. The number of halogens is 2. The fourth-order valence-electron chi connectivity index (χ4n) is 2.03. The van der Waals surface area contributed by atoms with Crippen molar-refractivity contribution < 1.29 is 4.42 Å². The Morgan fingerprint density at radius 3 is 2.75 bits per heavy atom. The van der Waals surface area contributed by atoms with Gasteiger partial charge < -0.3 is 8.98 Å². The summed E-state index contributed by atoms with van der Waals surface area (Å²) >= 11 is 12.1. The minimum atomic E-state index is 0.594. The molecule has 0 spiro atoms. The summed E-state index contributed by atoms with van der Waals surface area (Å²) in [5.41, 5.74) is 1.68. The smallest absolute Gasteiger partial charge is 0.123 e. The molecule has 2 aromatic heterocycles. The molecule has 102 valence electrons. The van der Waals surface area contributed by atoms with Crippen molar-refractivity contribution in [3.63, 3.8) is 0 Å². The van der Waals surface area contributed by atoms with Gasteiger partial charge >= 0.3 is 0 Å². The average Bonchev–Trinajstić information content (AvgIpc) is 2.99. The third kappa shape index (κ3) is 2.74. The summed E-state index contributed by atoms with van der Waals surface area (Å²) in [7, 11) is 0. The number of aryl methyl sites for hydroxylation is 1. The molecule has 20 heavy (non-hydrogen) atoms. The highest BCUT2D eigenvalue weighted by molar-refractivity contribution is 6.36. The Morgan fingerprint density at radius 1 is 1.20 bits per heavy atom. The van der Waals surface area contributed by atoms with Gasteiger partial charge in [-0.05, 0) is 37.3 Å². The van der Waals surface area contributed by atoms with Crippen LogP contribution in [0.4, 0.5) is 0 Å². The predicted molar refractivity (Wildman–Crippen MR) is 80.2 cm³/mol. The Labute approximate surface area is 126 Å². The van der Waals surface area contributed by atoms with Gasteiger partial charge in [-0.3, -0.25) is 0 Å². The van der Waals surface area contributed by atoms with Gasteiger partial charge in [0.25, 0.3) is 0 Å². The number of benzene rings is 1. The molecule has 0 N–H and O–H groups in total. The normalized spacial score (nSPS) is 10.9. The van der Waals surface area contributed by atoms with E-state index in [2.05, 4.69) is 4.98 Å². The Kier molecular flexibility index (Phi) is 3.55. The van der Waals surface area contributed by atoms with Gasteiger partial charge in [0, 0.05) is 16.8 Å². The molecule has 0 aliphatic carbocycles. The molecule has 0 bridgehead atoms. The van der Waals surface area contributed by atoms with E-state index in [0.29, 0.717) is 16.6 Å². The summed E-state index contributed by atoms with van der Waals surface area (Å²) in [6.45, 7) is 2.57. The molecular weight excluding hydrogens is 295 g/mol. The van der Waals surface area contributed by atoms with Crippen molar-refractivity contribution in [1.29, 1.82) is 0 Å². The molecule has 0 atom stereocenters. The number of hydrogen-bond acceptors (Lipinski definition) is 2. The van der Waals surface area contributed by atoms with Crippen molar-refractivity contribution in [1.82, 2.24) is 9.55 Å². The number of imidazole rings is 1. The van der Waals surface area contributed by atoms with Crippen LogP contribution < -0.4 is 0 Å². The molecule has 2 heterocycles. The van der Waals surface area contributed by atoms with Gasteiger partial charge in [-0.1, -0.05) is 23.2 Å². The first kappa shape index (κ1) is 13.3. The van der Waals surface area contributed by atoms with Crippen LogP contribution >= 0.6 is 23.2 Å². The Hall–Kier alpha value is -1.71. The summed E-state index contributed by atoms with van der Waals surface area (Å²) in [5, 5.41) is 1.21. The lowest BCUT2D eigenvalue weighted by atomic mass is 10.2. The van der Waals surface area contributed by atoms with Gasteiger partial charge in [-0.2, -0.15) is 0 Å². The van der Waals surface area contributed by atoms with Crippen LogP contribution in [0.25, 0.3) is 11.3 Å². The maximum absolute atomic E-state index is 6.18. The minimum Gasteiger partial charge on any atom is -0.464 e. The molecule has 3 nitrogen and oxygen atoms in total. The van der Waals surface area contributed by atoms with Crippen LogP contribution in [0.5, 0.6) is 0 Å². The number of hydrogen-bond donors (Lipinski definition) is 0. The van der Waals surface area contributed by atoms with Crippen LogP contribution in [0.2, 0.25) is 10.0 Å². The summed E-state index contributed by atoms with van der Waals surface area (Å²) in [4.78, 5) is 4.37. The molecule has 0 aliphatic rings. The van der Waals surface area contributed by atoms with E-state index in [0.717, 1.165) is 22.8 Å². The number of aromatic nitrogens is 2. The predicted octanol–water partition coefficient (Wildman–Crippen LogP) is 4.81. The lowest BCUT2D eigenvalue weighted by Crippen LogP contribution is -1.94. The minimum absolute atomic E-state index is 0.594. The van der Waals surface area contributed by atoms with Crippen molar-refractivity contribution in [2.24, 2.45) is 0 Å². The zero-order valence-corrected chi connectivity index (χ0v) is 12.3. The SMILES string of the molecule is Cc1ccc(Cn2cnc(-c3ccc(Cl)cc3Cl)c2)o1. The zero-order chi connectivity index (χ0) is 14.1. The highest BCUT2D eigenvalue weighted by Crippen LogP contribution is 2.29. The maximum atomic E-state index is 6.18. The monoisotopic (exact) mass is 306 g/mol. The van der Waals surface area contributed by atoms with Crippen LogP contribution in [0, 0.1) is 6.92 Å². The molecule has 0 saturated carbocycles. The van der Waals surface area contributed by atoms with Gasteiger partial charge in [-0.25, -0.2) is 4.98 Å².